The van der Waals surface area contributed by atoms with E-state index in [1.165, 1.54) is 0 Å². The van der Waals surface area contributed by atoms with Crippen molar-refractivity contribution in [1.82, 2.24) is 20.2 Å². The van der Waals surface area contributed by atoms with Crippen LogP contribution in [0.25, 0.3) is 10.9 Å². The van der Waals surface area contributed by atoms with Gasteiger partial charge in [0.25, 0.3) is 0 Å². The van der Waals surface area contributed by atoms with Crippen molar-refractivity contribution in [2.45, 2.75) is 6.92 Å². The maximum atomic E-state index is 10.9. The number of fused-ring (bicyclic) bond motifs is 1. The van der Waals surface area contributed by atoms with Gasteiger partial charge >= 0.3 is 0 Å². The summed E-state index contributed by atoms with van der Waals surface area (Å²) in [5.41, 5.74) is 1.66. The highest BCUT2D eigenvalue weighted by atomic mass is 16.1. The minimum absolute atomic E-state index is 0.147. The Kier molecular flexibility index (Phi) is 2.68. The Balaban J connectivity index is 2.12. The van der Waals surface area contributed by atoms with Gasteiger partial charge in [0.05, 0.1) is 5.52 Å². The molecule has 2 heterocycles. The molecule has 94 valence electrons. The summed E-state index contributed by atoms with van der Waals surface area (Å²) < 4.78 is 0. The van der Waals surface area contributed by atoms with E-state index in [-0.39, 0.29) is 5.82 Å². The van der Waals surface area contributed by atoms with E-state index in [1.54, 1.807) is 0 Å². The Hall–Kier alpha value is -2.76. The van der Waals surface area contributed by atoms with Gasteiger partial charge < -0.3 is 5.32 Å². The average molecular weight is 253 g/mol. The number of nitrogens with zero attached hydrogens (tertiary/aromatic N) is 3. The molecule has 0 aliphatic carbocycles. The van der Waals surface area contributed by atoms with Crippen LogP contribution < -0.4 is 5.32 Å². The van der Waals surface area contributed by atoms with E-state index in [1.807, 2.05) is 37.3 Å². The van der Waals surface area contributed by atoms with Crippen molar-refractivity contribution in [2.24, 2.45) is 0 Å². The molecule has 0 unspecified atom stereocenters. The molecule has 2 N–H and O–H groups in total. The van der Waals surface area contributed by atoms with Gasteiger partial charge in [0.1, 0.15) is 5.82 Å². The maximum Gasteiger partial charge on any atom is 0.195 e. The summed E-state index contributed by atoms with van der Waals surface area (Å²) in [5, 5.41) is 10.9. The van der Waals surface area contributed by atoms with Crippen LogP contribution in [0.15, 0.2) is 30.3 Å². The minimum atomic E-state index is 0.147. The molecule has 19 heavy (non-hydrogen) atoms. The summed E-state index contributed by atoms with van der Waals surface area (Å²) in [5.74, 6) is 1.37. The first-order chi connectivity index (χ1) is 9.26. The largest absolute Gasteiger partial charge is 0.323 e. The number of rotatable bonds is 3. The van der Waals surface area contributed by atoms with Crippen molar-refractivity contribution in [3.63, 3.8) is 0 Å². The fourth-order valence-electron chi connectivity index (χ4n) is 1.85. The van der Waals surface area contributed by atoms with Gasteiger partial charge in [-0.15, -0.1) is 0 Å². The fourth-order valence-corrected chi connectivity index (χ4v) is 1.85. The number of anilines is 2. The number of aromatic amines is 1. The van der Waals surface area contributed by atoms with Crippen molar-refractivity contribution in [3.05, 3.63) is 41.9 Å². The Bertz CT molecular complexity index is 750. The number of H-pyrrole nitrogens is 1. The molecule has 2 aromatic heterocycles. The van der Waals surface area contributed by atoms with E-state index in [0.29, 0.717) is 23.4 Å². The van der Waals surface area contributed by atoms with Gasteiger partial charge in [0.2, 0.25) is 0 Å². The molecule has 0 spiro atoms. The molecular formula is C13H11N5O. The molecule has 0 fully saturated rings. The van der Waals surface area contributed by atoms with Crippen LogP contribution in [0.5, 0.6) is 0 Å². The van der Waals surface area contributed by atoms with Gasteiger partial charge in [-0.05, 0) is 19.1 Å². The normalized spacial score (nSPS) is 10.6. The van der Waals surface area contributed by atoms with Crippen LogP contribution in [0.2, 0.25) is 0 Å². The van der Waals surface area contributed by atoms with Crippen LogP contribution in [0.3, 0.4) is 0 Å². The number of hydrogen-bond donors (Lipinski definition) is 2. The predicted octanol–water partition coefficient (Wildman–Crippen LogP) is 2.22. The van der Waals surface area contributed by atoms with Crippen molar-refractivity contribution in [1.29, 1.82) is 0 Å². The molecule has 1 aromatic carbocycles. The van der Waals surface area contributed by atoms with Crippen LogP contribution in [-0.4, -0.2) is 26.5 Å². The molecule has 0 saturated heterocycles. The van der Waals surface area contributed by atoms with Crippen LogP contribution in [0.1, 0.15) is 16.3 Å². The van der Waals surface area contributed by atoms with Crippen LogP contribution in [0.4, 0.5) is 11.6 Å². The van der Waals surface area contributed by atoms with E-state index in [9.17, 15) is 4.79 Å². The predicted molar refractivity (Wildman–Crippen MR) is 71.5 cm³/mol. The van der Waals surface area contributed by atoms with E-state index in [4.69, 9.17) is 0 Å². The molecule has 0 aliphatic heterocycles. The number of aryl methyl sites for hydroxylation is 1. The van der Waals surface area contributed by atoms with Crippen molar-refractivity contribution in [3.8, 4) is 0 Å². The van der Waals surface area contributed by atoms with E-state index < -0.39 is 0 Å². The number of nitrogens with one attached hydrogen (secondary N) is 2. The number of para-hydroxylation sites is 1. The monoisotopic (exact) mass is 253 g/mol. The number of benzene rings is 1. The summed E-state index contributed by atoms with van der Waals surface area (Å²) in [6.07, 6.45) is 0.632. The summed E-state index contributed by atoms with van der Waals surface area (Å²) in [6, 6.07) is 9.36. The minimum Gasteiger partial charge on any atom is -0.323 e. The summed E-state index contributed by atoms with van der Waals surface area (Å²) in [7, 11) is 0. The standard InChI is InChI=1S/C13H11N5O/c1-8-6-11(18-17-8)15-13-9-4-2-3-5-10(9)14-12(7-19)16-13/h2-7H,1H3,(H2,14,15,16,17,18). The Morgan fingerprint density at radius 3 is 2.84 bits per heavy atom. The smallest absolute Gasteiger partial charge is 0.195 e. The molecule has 0 aliphatic rings. The lowest BCUT2D eigenvalue weighted by atomic mass is 10.2. The molecule has 0 radical (unpaired) electrons. The first-order valence-corrected chi connectivity index (χ1v) is 5.77. The van der Waals surface area contributed by atoms with Crippen molar-refractivity contribution in [2.75, 3.05) is 5.32 Å². The van der Waals surface area contributed by atoms with Gasteiger partial charge in [-0.3, -0.25) is 9.89 Å². The maximum absolute atomic E-state index is 10.9. The molecule has 3 aromatic rings. The van der Waals surface area contributed by atoms with Crippen molar-refractivity contribution < 1.29 is 4.79 Å². The lowest BCUT2D eigenvalue weighted by Crippen LogP contribution is -2.01. The topological polar surface area (TPSA) is 83.6 Å². The quantitative estimate of drug-likeness (QED) is 0.699. The molecule has 6 heteroatoms. The summed E-state index contributed by atoms with van der Waals surface area (Å²) in [4.78, 5) is 19.2. The Morgan fingerprint density at radius 2 is 2.11 bits per heavy atom. The molecule has 6 nitrogen and oxygen atoms in total. The van der Waals surface area contributed by atoms with Crippen molar-refractivity contribution >= 4 is 28.8 Å². The molecule has 0 amide bonds. The first-order valence-electron chi connectivity index (χ1n) is 5.77. The first kappa shape index (κ1) is 11.3. The summed E-state index contributed by atoms with van der Waals surface area (Å²) >= 11 is 0. The fraction of sp³-hybridized carbons (Fsp3) is 0.0769. The van der Waals surface area contributed by atoms with Gasteiger partial charge in [-0.2, -0.15) is 5.10 Å². The number of hydrogen-bond acceptors (Lipinski definition) is 5. The Morgan fingerprint density at radius 1 is 1.26 bits per heavy atom. The number of carbonyl (C=O) groups is 1. The van der Waals surface area contributed by atoms with E-state index >= 15 is 0 Å². The van der Waals surface area contributed by atoms with E-state index in [0.717, 1.165) is 11.1 Å². The summed E-state index contributed by atoms with van der Waals surface area (Å²) in [6.45, 7) is 1.91. The molecule has 3 rings (SSSR count). The third-order valence-electron chi connectivity index (χ3n) is 2.68. The third kappa shape index (κ3) is 2.15. The second-order valence-electron chi connectivity index (χ2n) is 4.13. The number of carbonyl (C=O) groups excluding carboxylic acids is 1. The highest BCUT2D eigenvalue weighted by Gasteiger charge is 2.08. The second-order valence-corrected chi connectivity index (χ2v) is 4.13. The lowest BCUT2D eigenvalue weighted by molar-refractivity contribution is 0.111. The Labute approximate surface area is 108 Å². The molecule has 0 bridgehead atoms. The van der Waals surface area contributed by atoms with Crippen LogP contribution >= 0.6 is 0 Å². The zero-order valence-electron chi connectivity index (χ0n) is 10.2. The number of aldehydes is 1. The lowest BCUT2D eigenvalue weighted by Gasteiger charge is -2.06. The SMILES string of the molecule is Cc1cc(Nc2nc(C=O)nc3ccccc23)n[nH]1. The zero-order valence-corrected chi connectivity index (χ0v) is 10.2. The number of aromatic nitrogens is 4. The molecule has 0 saturated carbocycles. The van der Waals surface area contributed by atoms with Crippen LogP contribution in [-0.2, 0) is 0 Å². The molecular weight excluding hydrogens is 242 g/mol. The average Bonchev–Trinajstić information content (AvgIpc) is 2.84. The molecule has 0 atom stereocenters. The van der Waals surface area contributed by atoms with Gasteiger partial charge in [-0.25, -0.2) is 9.97 Å². The van der Waals surface area contributed by atoms with Gasteiger partial charge in [-0.1, -0.05) is 12.1 Å². The third-order valence-corrected chi connectivity index (χ3v) is 2.68. The highest BCUT2D eigenvalue weighted by Crippen LogP contribution is 2.22. The second kappa shape index (κ2) is 4.49. The highest BCUT2D eigenvalue weighted by molar-refractivity contribution is 5.92. The zero-order chi connectivity index (χ0) is 13.2. The van der Waals surface area contributed by atoms with Gasteiger partial charge in [0.15, 0.2) is 17.9 Å². The van der Waals surface area contributed by atoms with E-state index in [2.05, 4.69) is 25.5 Å². The van der Waals surface area contributed by atoms with Crippen LogP contribution in [0, 0.1) is 6.92 Å². The van der Waals surface area contributed by atoms with Gasteiger partial charge in [0, 0.05) is 17.1 Å².